The minimum Gasteiger partial charge on any atom is -0.462 e. The van der Waals surface area contributed by atoms with Crippen molar-refractivity contribution >= 4 is 11.8 Å². The smallest absolute Gasteiger partial charge is 0.316 e. The van der Waals surface area contributed by atoms with E-state index in [1.54, 1.807) is 19.1 Å². The van der Waals surface area contributed by atoms with E-state index in [0.717, 1.165) is 19.3 Å². The van der Waals surface area contributed by atoms with Gasteiger partial charge < -0.3 is 24.1 Å². The summed E-state index contributed by atoms with van der Waals surface area (Å²) in [5.41, 5.74) is 0.416. The van der Waals surface area contributed by atoms with Crippen LogP contribution in [-0.4, -0.2) is 59.3 Å². The van der Waals surface area contributed by atoms with Crippen LogP contribution in [0.5, 0.6) is 0 Å². The van der Waals surface area contributed by atoms with E-state index >= 15 is 0 Å². The first-order valence-corrected chi connectivity index (χ1v) is 14.2. The highest BCUT2D eigenvalue weighted by Crippen LogP contribution is 2.46. The molecule has 0 amide bonds. The van der Waals surface area contributed by atoms with E-state index in [4.69, 9.17) is 18.9 Å². The van der Waals surface area contributed by atoms with Gasteiger partial charge in [0.1, 0.15) is 17.6 Å². The number of allylic oxidation sites excluding steroid dienone is 4. The SMILES string of the molecule is CC1=C[C@H]2C(=O)O[C@H]3C[C@@H](C/C=C(\C)C[C@@H](C)/C=C/C=C4CO[C@H](C1=O)[C@@]42O)O[C@@]1(CC[C@H](C)[C@@H](C)O1)C3. The second-order valence-electron chi connectivity index (χ2n) is 12.2. The fourth-order valence-electron chi connectivity index (χ4n) is 6.70. The lowest BCUT2D eigenvalue weighted by atomic mass is 9.71. The summed E-state index contributed by atoms with van der Waals surface area (Å²) < 4.78 is 25.0. The molecule has 9 atom stereocenters. The Kier molecular flexibility index (Phi) is 7.59. The Labute approximate surface area is 225 Å². The first-order chi connectivity index (χ1) is 18.0. The van der Waals surface area contributed by atoms with Gasteiger partial charge in [-0.3, -0.25) is 9.59 Å². The van der Waals surface area contributed by atoms with Crippen molar-refractivity contribution in [3.8, 4) is 0 Å². The summed E-state index contributed by atoms with van der Waals surface area (Å²) >= 11 is 0. The molecule has 38 heavy (non-hydrogen) atoms. The zero-order chi connectivity index (χ0) is 27.2. The van der Waals surface area contributed by atoms with Gasteiger partial charge in [-0.2, -0.15) is 0 Å². The van der Waals surface area contributed by atoms with E-state index in [-0.39, 0.29) is 30.5 Å². The van der Waals surface area contributed by atoms with Gasteiger partial charge in [-0.05, 0) is 63.0 Å². The standard InChI is InChI=1S/C31H42O7/c1-18-7-6-8-23-17-35-28-27(32)21(4)14-26(31(23,28)34)29(33)36-25-15-24(10-9-19(2)13-18)38-30(16-25)12-11-20(3)22(5)37-30/h6-9,14,18,20,22,24-26,28,34H,10-13,15-17H2,1-5H3/b7-6+,19-9+,23-8?/t18-,20-,22+,24+,25-,26-,28+,30-,31+/m0/s1. The molecule has 3 fully saturated rings. The minimum absolute atomic E-state index is 0.0429. The molecular formula is C31H42O7. The molecule has 0 unspecified atom stereocenters. The van der Waals surface area contributed by atoms with Crippen molar-refractivity contribution in [2.75, 3.05) is 6.61 Å². The van der Waals surface area contributed by atoms with Crippen LogP contribution in [0.2, 0.25) is 0 Å². The molecule has 1 N–H and O–H groups in total. The second kappa shape index (κ2) is 10.5. The van der Waals surface area contributed by atoms with Crippen molar-refractivity contribution in [3.05, 3.63) is 47.1 Å². The number of carbonyl (C=O) groups is 2. The van der Waals surface area contributed by atoms with Gasteiger partial charge in [0.25, 0.3) is 0 Å². The Bertz CT molecular complexity index is 1090. The van der Waals surface area contributed by atoms with Crippen molar-refractivity contribution in [2.24, 2.45) is 17.8 Å². The predicted molar refractivity (Wildman–Crippen MR) is 142 cm³/mol. The number of hydrogen-bond acceptors (Lipinski definition) is 7. The summed E-state index contributed by atoms with van der Waals surface area (Å²) in [5, 5.41) is 11.9. The maximum atomic E-state index is 13.8. The summed E-state index contributed by atoms with van der Waals surface area (Å²) in [5.74, 6) is -1.97. The average Bonchev–Trinajstić information content (AvgIpc) is 3.19. The van der Waals surface area contributed by atoms with Gasteiger partial charge in [0.15, 0.2) is 17.7 Å². The molecule has 2 bridgehead atoms. The van der Waals surface area contributed by atoms with Crippen molar-refractivity contribution in [2.45, 2.75) is 109 Å². The van der Waals surface area contributed by atoms with Crippen molar-refractivity contribution < 1.29 is 33.6 Å². The molecule has 4 heterocycles. The van der Waals surface area contributed by atoms with Crippen LogP contribution in [0, 0.1) is 17.8 Å². The van der Waals surface area contributed by atoms with Gasteiger partial charge in [-0.15, -0.1) is 0 Å². The van der Waals surface area contributed by atoms with E-state index in [0.29, 0.717) is 36.3 Å². The topological polar surface area (TPSA) is 91.3 Å². The molecule has 7 heteroatoms. The number of rotatable bonds is 0. The molecule has 5 aliphatic rings. The van der Waals surface area contributed by atoms with Crippen molar-refractivity contribution in [1.29, 1.82) is 0 Å². The maximum absolute atomic E-state index is 13.8. The van der Waals surface area contributed by atoms with Crippen LogP contribution < -0.4 is 0 Å². The van der Waals surface area contributed by atoms with E-state index in [2.05, 4.69) is 39.8 Å². The van der Waals surface area contributed by atoms with Gasteiger partial charge in [0.05, 0.1) is 18.8 Å². The number of Topliss-reactive ketones (excluding diaryl/α,β-unsaturated/α-hetero) is 1. The van der Waals surface area contributed by atoms with Gasteiger partial charge in [0.2, 0.25) is 0 Å². The Balaban J connectivity index is 1.52. The lowest BCUT2D eigenvalue weighted by molar-refractivity contribution is -0.332. The van der Waals surface area contributed by atoms with E-state index in [9.17, 15) is 14.7 Å². The number of ether oxygens (including phenoxy) is 4. The maximum Gasteiger partial charge on any atom is 0.316 e. The Morgan fingerprint density at radius 3 is 2.63 bits per heavy atom. The summed E-state index contributed by atoms with van der Waals surface area (Å²) in [6.07, 6.45) is 12.2. The normalized spacial score (nSPS) is 46.4. The van der Waals surface area contributed by atoms with Crippen molar-refractivity contribution in [3.63, 3.8) is 0 Å². The third kappa shape index (κ3) is 5.10. The first-order valence-electron chi connectivity index (χ1n) is 14.2. The molecule has 4 aliphatic heterocycles. The number of esters is 1. The molecule has 5 rings (SSSR count). The molecule has 0 aromatic heterocycles. The van der Waals surface area contributed by atoms with Gasteiger partial charge in [-0.25, -0.2) is 0 Å². The summed E-state index contributed by atoms with van der Waals surface area (Å²) in [6, 6.07) is 0. The number of fused-ring (bicyclic) bond motifs is 2. The van der Waals surface area contributed by atoms with E-state index in [1.807, 2.05) is 6.08 Å². The number of ketones is 1. The number of hydrogen-bond donors (Lipinski definition) is 1. The Morgan fingerprint density at radius 1 is 1.08 bits per heavy atom. The number of aliphatic hydroxyl groups is 1. The third-order valence-electron chi connectivity index (χ3n) is 9.11. The van der Waals surface area contributed by atoms with Crippen LogP contribution in [-0.2, 0) is 28.5 Å². The molecule has 1 aliphatic carbocycles. The van der Waals surface area contributed by atoms with Gasteiger partial charge >= 0.3 is 5.97 Å². The predicted octanol–water partition coefficient (Wildman–Crippen LogP) is 4.74. The Hall–Kier alpha value is -2.06. The van der Waals surface area contributed by atoms with Crippen LogP contribution >= 0.6 is 0 Å². The second-order valence-corrected chi connectivity index (χ2v) is 12.2. The minimum atomic E-state index is -1.78. The summed E-state index contributed by atoms with van der Waals surface area (Å²) in [4.78, 5) is 26.7. The third-order valence-corrected chi connectivity index (χ3v) is 9.11. The van der Waals surface area contributed by atoms with Crippen molar-refractivity contribution in [1.82, 2.24) is 0 Å². The first kappa shape index (κ1) is 27.5. The van der Waals surface area contributed by atoms with Crippen LogP contribution in [0.1, 0.15) is 73.1 Å². The van der Waals surface area contributed by atoms with Crippen LogP contribution in [0.3, 0.4) is 0 Å². The highest BCUT2D eigenvalue weighted by Gasteiger charge is 2.60. The molecule has 0 radical (unpaired) electrons. The molecule has 0 aromatic carbocycles. The lowest BCUT2D eigenvalue weighted by Gasteiger charge is -2.49. The highest BCUT2D eigenvalue weighted by atomic mass is 16.7. The monoisotopic (exact) mass is 526 g/mol. The van der Waals surface area contributed by atoms with E-state index in [1.165, 1.54) is 5.57 Å². The zero-order valence-electron chi connectivity index (χ0n) is 23.3. The largest absolute Gasteiger partial charge is 0.462 e. The molecule has 3 saturated heterocycles. The highest BCUT2D eigenvalue weighted by molar-refractivity contribution is 6.03. The summed E-state index contributed by atoms with van der Waals surface area (Å²) in [6.45, 7) is 10.3. The summed E-state index contributed by atoms with van der Waals surface area (Å²) in [7, 11) is 0. The van der Waals surface area contributed by atoms with Crippen LogP contribution in [0.4, 0.5) is 0 Å². The van der Waals surface area contributed by atoms with Gasteiger partial charge in [0, 0.05) is 19.3 Å². The van der Waals surface area contributed by atoms with E-state index < -0.39 is 35.5 Å². The molecule has 0 saturated carbocycles. The quantitative estimate of drug-likeness (QED) is 0.360. The van der Waals surface area contributed by atoms with Crippen LogP contribution in [0.15, 0.2) is 47.1 Å². The lowest BCUT2D eigenvalue weighted by Crippen LogP contribution is -2.57. The zero-order valence-corrected chi connectivity index (χ0v) is 23.3. The number of carbonyl (C=O) groups excluding carboxylic acids is 2. The fourth-order valence-corrected chi connectivity index (χ4v) is 6.70. The molecule has 7 nitrogen and oxygen atoms in total. The average molecular weight is 527 g/mol. The molecule has 0 aromatic rings. The molecular weight excluding hydrogens is 484 g/mol. The molecule has 1 spiro atoms. The Morgan fingerprint density at radius 2 is 1.87 bits per heavy atom. The van der Waals surface area contributed by atoms with Crippen LogP contribution in [0.25, 0.3) is 0 Å². The van der Waals surface area contributed by atoms with Gasteiger partial charge in [-0.1, -0.05) is 49.8 Å². The fraction of sp³-hybridized carbons (Fsp3) is 0.677. The molecule has 208 valence electrons.